The van der Waals surface area contributed by atoms with Crippen molar-refractivity contribution >= 4 is 16.9 Å². The maximum atomic E-state index is 12.3. The molecule has 7 N–H and O–H groups in total. The van der Waals surface area contributed by atoms with E-state index < -0.39 is 49.3 Å². The summed E-state index contributed by atoms with van der Waals surface area (Å²) in [7, 11) is 0. The average Bonchev–Trinajstić information content (AvgIpc) is 3.04. The zero-order valence-corrected chi connectivity index (χ0v) is 13.9. The van der Waals surface area contributed by atoms with Crippen LogP contribution in [0.3, 0.4) is 0 Å². The third-order valence-corrected chi connectivity index (χ3v) is 4.51. The number of hydrogen-bond donors (Lipinski definition) is 6. The Hall–Kier alpha value is -2.01. The SMILES string of the molecule is N[C@@H](Cc1c[nH]c2ccccc12)C(=O)O[C@H]1C(O)O[C@H](CO)[C@@H](O)[C@@H]1O. The third-order valence-electron chi connectivity index (χ3n) is 4.51. The molecule has 0 radical (unpaired) electrons. The molecule has 0 bridgehead atoms. The van der Waals surface area contributed by atoms with Gasteiger partial charge in [0, 0.05) is 23.5 Å². The summed E-state index contributed by atoms with van der Waals surface area (Å²) in [6.45, 7) is -0.601. The number of aliphatic hydroxyl groups excluding tert-OH is 4. The van der Waals surface area contributed by atoms with Gasteiger partial charge in [-0.2, -0.15) is 0 Å². The first kappa shape index (κ1) is 18.8. The molecule has 6 atom stereocenters. The highest BCUT2D eigenvalue weighted by Gasteiger charge is 2.46. The van der Waals surface area contributed by atoms with E-state index in [9.17, 15) is 20.1 Å². The topological polar surface area (TPSA) is 158 Å². The molecule has 2 aromatic rings. The van der Waals surface area contributed by atoms with Crippen LogP contribution in [0.5, 0.6) is 0 Å². The predicted octanol–water partition coefficient (Wildman–Crippen LogP) is -1.62. The van der Waals surface area contributed by atoms with E-state index in [0.29, 0.717) is 0 Å². The number of aromatic amines is 1. The molecule has 0 amide bonds. The Balaban J connectivity index is 1.65. The van der Waals surface area contributed by atoms with E-state index in [2.05, 4.69) is 4.98 Å². The quantitative estimate of drug-likeness (QED) is 0.345. The largest absolute Gasteiger partial charge is 0.453 e. The van der Waals surface area contributed by atoms with Gasteiger partial charge in [-0.15, -0.1) is 0 Å². The van der Waals surface area contributed by atoms with Crippen molar-refractivity contribution in [2.45, 2.75) is 43.2 Å². The Kier molecular flexibility index (Phi) is 5.56. The molecule has 1 fully saturated rings. The summed E-state index contributed by atoms with van der Waals surface area (Å²) in [5, 5.41) is 39.7. The van der Waals surface area contributed by atoms with Gasteiger partial charge in [0.15, 0.2) is 12.4 Å². The number of fused-ring (bicyclic) bond motifs is 1. The van der Waals surface area contributed by atoms with Crippen LogP contribution in [0.1, 0.15) is 5.56 Å². The fraction of sp³-hybridized carbons (Fsp3) is 0.471. The van der Waals surface area contributed by atoms with E-state index in [1.807, 2.05) is 24.3 Å². The minimum absolute atomic E-state index is 0.185. The standard InChI is InChI=1S/C17H22N2O7/c18-10(5-8-6-19-11-4-2-1-3-9(8)11)16(23)26-15-14(22)13(21)12(7-20)25-17(15)24/h1-4,6,10,12-15,17,19-22,24H,5,7,18H2/t10-,12+,13+,14-,15+,17?/m0/s1. The predicted molar refractivity (Wildman–Crippen MR) is 89.8 cm³/mol. The van der Waals surface area contributed by atoms with Gasteiger partial charge in [0.05, 0.1) is 6.61 Å². The highest BCUT2D eigenvalue weighted by atomic mass is 16.7. The molecule has 1 unspecified atom stereocenters. The van der Waals surface area contributed by atoms with Crippen LogP contribution in [-0.4, -0.2) is 74.7 Å². The fourth-order valence-corrected chi connectivity index (χ4v) is 3.04. The molecule has 3 rings (SSSR count). The zero-order chi connectivity index (χ0) is 18.8. The molecule has 0 aliphatic carbocycles. The number of carbonyl (C=O) groups excluding carboxylic acids is 1. The minimum atomic E-state index is -1.69. The molecule has 26 heavy (non-hydrogen) atoms. The molecule has 0 spiro atoms. The lowest BCUT2D eigenvalue weighted by Gasteiger charge is -2.39. The van der Waals surface area contributed by atoms with Gasteiger partial charge in [0.2, 0.25) is 0 Å². The Labute approximate surface area is 149 Å². The van der Waals surface area contributed by atoms with Crippen LogP contribution in [0, 0.1) is 0 Å². The second-order valence-corrected chi connectivity index (χ2v) is 6.30. The van der Waals surface area contributed by atoms with Gasteiger partial charge < -0.3 is 40.6 Å². The van der Waals surface area contributed by atoms with E-state index in [1.165, 1.54) is 0 Å². The first-order valence-corrected chi connectivity index (χ1v) is 8.24. The fourth-order valence-electron chi connectivity index (χ4n) is 3.04. The van der Waals surface area contributed by atoms with Crippen molar-refractivity contribution in [1.29, 1.82) is 0 Å². The summed E-state index contributed by atoms with van der Waals surface area (Å²) in [5.41, 5.74) is 7.64. The number of benzene rings is 1. The van der Waals surface area contributed by atoms with Gasteiger partial charge in [-0.1, -0.05) is 18.2 Å². The van der Waals surface area contributed by atoms with Gasteiger partial charge in [-0.3, -0.25) is 4.79 Å². The summed E-state index contributed by atoms with van der Waals surface area (Å²) in [4.78, 5) is 15.3. The Bertz CT molecular complexity index is 764. The zero-order valence-electron chi connectivity index (χ0n) is 13.9. The van der Waals surface area contributed by atoms with Gasteiger partial charge in [0.1, 0.15) is 24.4 Å². The van der Waals surface area contributed by atoms with E-state index in [1.54, 1.807) is 6.20 Å². The number of ether oxygens (including phenoxy) is 2. The molecule has 9 heteroatoms. The Morgan fingerprint density at radius 2 is 2.00 bits per heavy atom. The van der Waals surface area contributed by atoms with Gasteiger partial charge in [-0.25, -0.2) is 0 Å². The lowest BCUT2D eigenvalue weighted by molar-refractivity contribution is -0.291. The molecule has 1 aliphatic rings. The van der Waals surface area contributed by atoms with Crippen LogP contribution in [-0.2, 0) is 20.7 Å². The maximum Gasteiger partial charge on any atom is 0.323 e. The van der Waals surface area contributed by atoms with Crippen molar-refractivity contribution in [3.8, 4) is 0 Å². The first-order chi connectivity index (χ1) is 12.4. The maximum absolute atomic E-state index is 12.3. The van der Waals surface area contributed by atoms with Crippen LogP contribution in [0.4, 0.5) is 0 Å². The van der Waals surface area contributed by atoms with E-state index in [4.69, 9.17) is 20.3 Å². The normalized spacial score (nSPS) is 30.3. The van der Waals surface area contributed by atoms with Crippen molar-refractivity contribution in [2.75, 3.05) is 6.61 Å². The molecule has 1 aliphatic heterocycles. The number of rotatable bonds is 5. The van der Waals surface area contributed by atoms with Crippen LogP contribution in [0.15, 0.2) is 30.5 Å². The Morgan fingerprint density at radius 3 is 2.73 bits per heavy atom. The second kappa shape index (κ2) is 7.70. The van der Waals surface area contributed by atoms with Gasteiger partial charge in [0.25, 0.3) is 0 Å². The van der Waals surface area contributed by atoms with Crippen LogP contribution in [0.2, 0.25) is 0 Å². The van der Waals surface area contributed by atoms with Gasteiger partial charge in [-0.05, 0) is 11.6 Å². The third kappa shape index (κ3) is 3.58. The van der Waals surface area contributed by atoms with E-state index in [0.717, 1.165) is 16.5 Å². The number of H-pyrrole nitrogens is 1. The molecule has 1 aromatic heterocycles. The lowest BCUT2D eigenvalue weighted by atomic mass is 9.99. The minimum Gasteiger partial charge on any atom is -0.453 e. The monoisotopic (exact) mass is 366 g/mol. The highest BCUT2D eigenvalue weighted by molar-refractivity contribution is 5.84. The van der Waals surface area contributed by atoms with Crippen molar-refractivity contribution in [1.82, 2.24) is 4.98 Å². The second-order valence-electron chi connectivity index (χ2n) is 6.30. The average molecular weight is 366 g/mol. The van der Waals surface area contributed by atoms with Crippen molar-refractivity contribution in [3.05, 3.63) is 36.0 Å². The number of para-hydroxylation sites is 1. The number of hydrogen-bond acceptors (Lipinski definition) is 8. The van der Waals surface area contributed by atoms with E-state index >= 15 is 0 Å². The number of carbonyl (C=O) groups is 1. The summed E-state index contributed by atoms with van der Waals surface area (Å²) in [6, 6.07) is 6.50. The first-order valence-electron chi connectivity index (χ1n) is 8.24. The Morgan fingerprint density at radius 1 is 1.27 bits per heavy atom. The summed E-state index contributed by atoms with van der Waals surface area (Å²) < 4.78 is 10.0. The molecule has 0 saturated carbocycles. The number of esters is 1. The van der Waals surface area contributed by atoms with Crippen LogP contribution >= 0.6 is 0 Å². The van der Waals surface area contributed by atoms with Crippen molar-refractivity contribution in [3.63, 3.8) is 0 Å². The lowest BCUT2D eigenvalue weighted by Crippen LogP contribution is -2.60. The molecule has 142 valence electrons. The molecule has 9 nitrogen and oxygen atoms in total. The van der Waals surface area contributed by atoms with Crippen LogP contribution < -0.4 is 5.73 Å². The molecule has 2 heterocycles. The number of nitrogens with two attached hydrogens (primary N) is 1. The molecular formula is C17H22N2O7. The van der Waals surface area contributed by atoms with Crippen LogP contribution in [0.25, 0.3) is 10.9 Å². The van der Waals surface area contributed by atoms with E-state index in [-0.39, 0.29) is 6.42 Å². The molecule has 1 saturated heterocycles. The summed E-state index contributed by atoms with van der Waals surface area (Å²) in [6.07, 6.45) is -5.55. The highest BCUT2D eigenvalue weighted by Crippen LogP contribution is 2.23. The summed E-state index contributed by atoms with van der Waals surface area (Å²) in [5.74, 6) is -0.850. The summed E-state index contributed by atoms with van der Waals surface area (Å²) >= 11 is 0. The molecule has 1 aromatic carbocycles. The molecular weight excluding hydrogens is 344 g/mol. The smallest absolute Gasteiger partial charge is 0.323 e. The van der Waals surface area contributed by atoms with Crippen molar-refractivity contribution in [2.24, 2.45) is 5.73 Å². The van der Waals surface area contributed by atoms with Crippen molar-refractivity contribution < 1.29 is 34.7 Å². The number of aromatic nitrogens is 1. The number of aliphatic hydroxyl groups is 4. The van der Waals surface area contributed by atoms with Gasteiger partial charge >= 0.3 is 5.97 Å². The number of nitrogens with one attached hydrogen (secondary N) is 1.